The Labute approximate surface area is 77.0 Å². The summed E-state index contributed by atoms with van der Waals surface area (Å²) < 4.78 is 6.19. The quantitative estimate of drug-likeness (QED) is 0.799. The number of aromatic nitrogens is 2. The predicted molar refractivity (Wildman–Crippen MR) is 49.0 cm³/mol. The van der Waals surface area contributed by atoms with E-state index in [1.807, 2.05) is 12.1 Å². The fourth-order valence-corrected chi connectivity index (χ4v) is 1.26. The fourth-order valence-electron chi connectivity index (χ4n) is 0.842. The van der Waals surface area contributed by atoms with Crippen LogP contribution in [0.2, 0.25) is 0 Å². The number of nitrogens with one attached hydrogen (secondary N) is 1. The molecule has 0 aromatic carbocycles. The lowest BCUT2D eigenvalue weighted by Crippen LogP contribution is -1.73. The molecule has 0 saturated heterocycles. The Hall–Kier alpha value is -0.780. The highest BCUT2D eigenvalue weighted by molar-refractivity contribution is 14.1. The normalized spacial score (nSPS) is 10.3. The predicted octanol–water partition coefficient (Wildman–Crippen LogP) is 2.27. The molecular formula is C7H5IN2O. The highest BCUT2D eigenvalue weighted by Gasteiger charge is 2.03. The van der Waals surface area contributed by atoms with Crippen molar-refractivity contribution in [1.29, 1.82) is 0 Å². The van der Waals surface area contributed by atoms with E-state index in [0.717, 1.165) is 15.4 Å². The van der Waals surface area contributed by atoms with Gasteiger partial charge in [0.05, 0.1) is 0 Å². The minimum atomic E-state index is 0.771. The van der Waals surface area contributed by atoms with E-state index in [4.69, 9.17) is 4.42 Å². The topological polar surface area (TPSA) is 41.8 Å². The van der Waals surface area contributed by atoms with E-state index in [0.29, 0.717) is 0 Å². The molecule has 3 nitrogen and oxygen atoms in total. The third kappa shape index (κ3) is 1.30. The second kappa shape index (κ2) is 2.69. The van der Waals surface area contributed by atoms with Crippen LogP contribution in [0.25, 0.3) is 11.6 Å². The molecule has 0 spiro atoms. The number of imidazole rings is 1. The zero-order valence-corrected chi connectivity index (χ0v) is 7.70. The Bertz CT molecular complexity index is 339. The van der Waals surface area contributed by atoms with Crippen molar-refractivity contribution in [2.75, 3.05) is 0 Å². The number of nitrogens with zero attached hydrogens (tertiary/aromatic N) is 1. The molecule has 2 aromatic heterocycles. The van der Waals surface area contributed by atoms with Crippen molar-refractivity contribution in [3.8, 4) is 11.6 Å². The van der Waals surface area contributed by atoms with E-state index < -0.39 is 0 Å². The summed E-state index contributed by atoms with van der Waals surface area (Å²) in [6.45, 7) is 0. The Kier molecular flexibility index (Phi) is 1.69. The van der Waals surface area contributed by atoms with Crippen LogP contribution in [-0.2, 0) is 0 Å². The van der Waals surface area contributed by atoms with Crippen molar-refractivity contribution in [3.63, 3.8) is 0 Å². The molecule has 11 heavy (non-hydrogen) atoms. The van der Waals surface area contributed by atoms with Crippen molar-refractivity contribution < 1.29 is 4.42 Å². The van der Waals surface area contributed by atoms with E-state index in [2.05, 4.69) is 32.6 Å². The molecule has 2 heterocycles. The molecular weight excluding hydrogens is 255 g/mol. The Morgan fingerprint density at radius 2 is 2.36 bits per heavy atom. The third-order valence-corrected chi connectivity index (χ3v) is 1.88. The van der Waals surface area contributed by atoms with Gasteiger partial charge in [0.15, 0.2) is 15.4 Å². The van der Waals surface area contributed by atoms with Gasteiger partial charge in [-0.1, -0.05) is 0 Å². The zero-order valence-electron chi connectivity index (χ0n) is 5.54. The first-order chi connectivity index (χ1) is 5.36. The number of furan rings is 1. The van der Waals surface area contributed by atoms with E-state index in [-0.39, 0.29) is 0 Å². The van der Waals surface area contributed by atoms with E-state index >= 15 is 0 Å². The van der Waals surface area contributed by atoms with Gasteiger partial charge in [-0.05, 0) is 34.7 Å². The van der Waals surface area contributed by atoms with E-state index in [1.165, 1.54) is 0 Å². The standard InChI is InChI=1S/C7H5IN2O/c8-6-2-1-5(11-6)7-9-3-4-10-7/h1-4H,(H,9,10). The molecule has 0 saturated carbocycles. The van der Waals surface area contributed by atoms with Crippen LogP contribution in [0.3, 0.4) is 0 Å². The number of hydrogen-bond acceptors (Lipinski definition) is 2. The molecule has 0 aliphatic heterocycles. The minimum absolute atomic E-state index is 0.771. The van der Waals surface area contributed by atoms with Crippen molar-refractivity contribution in [1.82, 2.24) is 9.97 Å². The average molecular weight is 260 g/mol. The molecule has 0 bridgehead atoms. The van der Waals surface area contributed by atoms with Gasteiger partial charge < -0.3 is 9.40 Å². The number of hydrogen-bond donors (Lipinski definition) is 1. The molecule has 0 aliphatic rings. The van der Waals surface area contributed by atoms with Gasteiger partial charge in [-0.25, -0.2) is 4.98 Å². The first-order valence-corrected chi connectivity index (χ1v) is 4.19. The molecule has 0 amide bonds. The summed E-state index contributed by atoms with van der Waals surface area (Å²) in [5.41, 5.74) is 0. The van der Waals surface area contributed by atoms with Gasteiger partial charge >= 0.3 is 0 Å². The molecule has 0 unspecified atom stereocenters. The van der Waals surface area contributed by atoms with Crippen molar-refractivity contribution >= 4 is 22.6 Å². The molecule has 4 heteroatoms. The SMILES string of the molecule is Ic1ccc(-c2ncc[nH]2)o1. The van der Waals surface area contributed by atoms with Gasteiger partial charge in [0, 0.05) is 12.4 Å². The van der Waals surface area contributed by atoms with Gasteiger partial charge in [0.25, 0.3) is 0 Å². The van der Waals surface area contributed by atoms with Gasteiger partial charge in [-0.2, -0.15) is 0 Å². The lowest BCUT2D eigenvalue weighted by atomic mass is 10.4. The summed E-state index contributed by atoms with van der Waals surface area (Å²) >= 11 is 2.12. The van der Waals surface area contributed by atoms with Crippen LogP contribution in [0.15, 0.2) is 28.9 Å². The monoisotopic (exact) mass is 260 g/mol. The van der Waals surface area contributed by atoms with E-state index in [9.17, 15) is 0 Å². The minimum Gasteiger partial charge on any atom is -0.447 e. The maximum Gasteiger partial charge on any atom is 0.173 e. The Balaban J connectivity index is 2.45. The number of H-pyrrole nitrogens is 1. The number of rotatable bonds is 1. The van der Waals surface area contributed by atoms with Crippen LogP contribution in [0.1, 0.15) is 0 Å². The van der Waals surface area contributed by atoms with E-state index in [1.54, 1.807) is 12.4 Å². The summed E-state index contributed by atoms with van der Waals surface area (Å²) in [5.74, 6) is 1.55. The van der Waals surface area contributed by atoms with Crippen LogP contribution < -0.4 is 0 Å². The smallest absolute Gasteiger partial charge is 0.173 e. The molecule has 56 valence electrons. The second-order valence-electron chi connectivity index (χ2n) is 2.04. The van der Waals surface area contributed by atoms with Crippen LogP contribution in [0.5, 0.6) is 0 Å². The van der Waals surface area contributed by atoms with Crippen molar-refractivity contribution in [2.45, 2.75) is 0 Å². The second-order valence-corrected chi connectivity index (χ2v) is 3.10. The number of halogens is 1. The maximum absolute atomic E-state index is 5.32. The van der Waals surface area contributed by atoms with Crippen molar-refractivity contribution in [3.05, 3.63) is 28.3 Å². The van der Waals surface area contributed by atoms with Gasteiger partial charge in [0.2, 0.25) is 0 Å². The highest BCUT2D eigenvalue weighted by atomic mass is 127. The molecule has 1 N–H and O–H groups in total. The lowest BCUT2D eigenvalue weighted by Gasteiger charge is -1.86. The van der Waals surface area contributed by atoms with Gasteiger partial charge in [-0.3, -0.25) is 0 Å². The largest absolute Gasteiger partial charge is 0.447 e. The zero-order chi connectivity index (χ0) is 7.68. The van der Waals surface area contributed by atoms with Crippen LogP contribution >= 0.6 is 22.6 Å². The molecule has 0 fully saturated rings. The van der Waals surface area contributed by atoms with Crippen LogP contribution in [0.4, 0.5) is 0 Å². The summed E-state index contributed by atoms with van der Waals surface area (Å²) in [4.78, 5) is 7.01. The van der Waals surface area contributed by atoms with Gasteiger partial charge in [0.1, 0.15) is 0 Å². The first kappa shape index (κ1) is 6.90. The molecule has 0 aliphatic carbocycles. The Morgan fingerprint density at radius 3 is 2.91 bits per heavy atom. The van der Waals surface area contributed by atoms with Crippen LogP contribution in [-0.4, -0.2) is 9.97 Å². The lowest BCUT2D eigenvalue weighted by molar-refractivity contribution is 0.549. The Morgan fingerprint density at radius 1 is 1.45 bits per heavy atom. The maximum atomic E-state index is 5.32. The molecule has 2 aromatic rings. The van der Waals surface area contributed by atoms with Gasteiger partial charge in [-0.15, -0.1) is 0 Å². The fraction of sp³-hybridized carbons (Fsp3) is 0. The number of aromatic amines is 1. The summed E-state index contributed by atoms with van der Waals surface area (Å²) in [5, 5.41) is 0. The molecule has 0 atom stereocenters. The first-order valence-electron chi connectivity index (χ1n) is 3.11. The summed E-state index contributed by atoms with van der Waals surface area (Å²) in [6.07, 6.45) is 3.47. The highest BCUT2D eigenvalue weighted by Crippen LogP contribution is 2.18. The summed E-state index contributed by atoms with van der Waals surface area (Å²) in [6, 6.07) is 3.79. The van der Waals surface area contributed by atoms with Crippen LogP contribution in [0, 0.1) is 3.77 Å². The molecule has 2 rings (SSSR count). The third-order valence-electron chi connectivity index (χ3n) is 1.30. The van der Waals surface area contributed by atoms with Crippen molar-refractivity contribution in [2.24, 2.45) is 0 Å². The molecule has 0 radical (unpaired) electrons. The average Bonchev–Trinajstić information content (AvgIpc) is 2.55. The summed E-state index contributed by atoms with van der Waals surface area (Å²) in [7, 11) is 0.